The van der Waals surface area contributed by atoms with Crippen LogP contribution in [0.2, 0.25) is 0 Å². The number of likely N-dealkylation sites (tertiary alicyclic amines) is 1. The molecule has 0 aromatic heterocycles. The van der Waals surface area contributed by atoms with E-state index in [1.807, 2.05) is 20.8 Å². The molecule has 0 spiro atoms. The lowest BCUT2D eigenvalue weighted by atomic mass is 10.2. The second kappa shape index (κ2) is 3.22. The van der Waals surface area contributed by atoms with E-state index in [9.17, 15) is 9.59 Å². The molecule has 1 saturated carbocycles. The van der Waals surface area contributed by atoms with E-state index in [-0.39, 0.29) is 18.2 Å². The Morgan fingerprint density at radius 3 is 2.60 bits per heavy atom. The maximum absolute atomic E-state index is 11.8. The molecule has 84 valence electrons. The average Bonchev–Trinajstić information content (AvgIpc) is 2.73. The Morgan fingerprint density at radius 2 is 2.07 bits per heavy atom. The molecule has 3 atom stereocenters. The number of hydrogen-bond donors (Lipinski definition) is 0. The Labute approximate surface area is 89.6 Å². The van der Waals surface area contributed by atoms with Crippen molar-refractivity contribution in [1.29, 1.82) is 0 Å². The molecule has 0 N–H and O–H groups in total. The fourth-order valence-corrected chi connectivity index (χ4v) is 2.20. The van der Waals surface area contributed by atoms with E-state index in [0.29, 0.717) is 5.92 Å². The molecule has 1 unspecified atom stereocenters. The molecule has 0 aromatic carbocycles. The van der Waals surface area contributed by atoms with Crippen molar-refractivity contribution < 1.29 is 14.3 Å². The van der Waals surface area contributed by atoms with E-state index in [2.05, 4.69) is 0 Å². The minimum atomic E-state index is -0.489. The van der Waals surface area contributed by atoms with Crippen LogP contribution < -0.4 is 0 Å². The van der Waals surface area contributed by atoms with Crippen LogP contribution in [0, 0.1) is 5.92 Å². The minimum absolute atomic E-state index is 0.259. The largest absolute Gasteiger partial charge is 0.444 e. The van der Waals surface area contributed by atoms with E-state index >= 15 is 0 Å². The number of ether oxygens (including phenoxy) is 1. The molecule has 2 rings (SSSR count). The third-order valence-corrected chi connectivity index (χ3v) is 2.91. The molecule has 15 heavy (non-hydrogen) atoms. The van der Waals surface area contributed by atoms with Crippen LogP contribution in [-0.4, -0.2) is 35.0 Å². The minimum Gasteiger partial charge on any atom is -0.444 e. The molecule has 1 saturated heterocycles. The third-order valence-electron chi connectivity index (χ3n) is 2.91. The summed E-state index contributed by atoms with van der Waals surface area (Å²) in [6.45, 7) is 5.50. The molecule has 1 heterocycles. The summed E-state index contributed by atoms with van der Waals surface area (Å²) in [5, 5.41) is 0. The van der Waals surface area contributed by atoms with Crippen molar-refractivity contribution in [3.8, 4) is 0 Å². The van der Waals surface area contributed by atoms with Gasteiger partial charge < -0.3 is 9.53 Å². The quantitative estimate of drug-likeness (QED) is 0.619. The van der Waals surface area contributed by atoms with Gasteiger partial charge in [-0.15, -0.1) is 0 Å². The van der Waals surface area contributed by atoms with Crippen molar-refractivity contribution in [3.63, 3.8) is 0 Å². The first-order valence-corrected chi connectivity index (χ1v) is 5.39. The highest BCUT2D eigenvalue weighted by Crippen LogP contribution is 2.47. The predicted molar refractivity (Wildman–Crippen MR) is 54.4 cm³/mol. The summed E-state index contributed by atoms with van der Waals surface area (Å²) in [6.07, 6.45) is 2.36. The Kier molecular flexibility index (Phi) is 2.24. The molecule has 0 bridgehead atoms. The van der Waals surface area contributed by atoms with E-state index in [1.54, 1.807) is 4.90 Å². The Hall–Kier alpha value is -1.06. The van der Waals surface area contributed by atoms with Crippen LogP contribution in [0.5, 0.6) is 0 Å². The van der Waals surface area contributed by atoms with Crippen LogP contribution in [0.4, 0.5) is 4.79 Å². The Bertz CT molecular complexity index is 295. The molecular formula is C11H17NO3. The second-order valence-electron chi connectivity index (χ2n) is 5.39. The summed E-state index contributed by atoms with van der Waals surface area (Å²) in [7, 11) is 0. The molecule has 0 radical (unpaired) electrons. The number of fused-ring (bicyclic) bond motifs is 1. The molecule has 4 nitrogen and oxygen atoms in total. The van der Waals surface area contributed by atoms with Crippen LogP contribution in [-0.2, 0) is 9.53 Å². The topological polar surface area (TPSA) is 46.6 Å². The van der Waals surface area contributed by atoms with Gasteiger partial charge in [-0.2, -0.15) is 0 Å². The molecule has 0 aromatic rings. The van der Waals surface area contributed by atoms with Gasteiger partial charge in [0.05, 0.1) is 6.04 Å². The van der Waals surface area contributed by atoms with Crippen molar-refractivity contribution in [2.24, 2.45) is 5.92 Å². The van der Waals surface area contributed by atoms with Gasteiger partial charge in [0.1, 0.15) is 11.9 Å². The van der Waals surface area contributed by atoms with Gasteiger partial charge in [-0.05, 0) is 39.5 Å². The summed E-state index contributed by atoms with van der Waals surface area (Å²) >= 11 is 0. The number of amides is 1. The SMILES string of the molecule is CC(C)(C)OC(=O)N1[C@@H]2CC2C[C@@H]1C=O. The van der Waals surface area contributed by atoms with Crippen molar-refractivity contribution in [3.05, 3.63) is 0 Å². The lowest BCUT2D eigenvalue weighted by Gasteiger charge is -2.28. The Morgan fingerprint density at radius 1 is 1.40 bits per heavy atom. The van der Waals surface area contributed by atoms with Gasteiger partial charge in [0.15, 0.2) is 0 Å². The zero-order valence-electron chi connectivity index (χ0n) is 9.40. The molecular weight excluding hydrogens is 194 g/mol. The highest BCUT2D eigenvalue weighted by atomic mass is 16.6. The summed E-state index contributed by atoms with van der Waals surface area (Å²) in [4.78, 5) is 24.2. The normalized spacial score (nSPS) is 33.5. The van der Waals surface area contributed by atoms with Crippen molar-refractivity contribution >= 4 is 12.4 Å². The molecule has 2 aliphatic rings. The number of hydrogen-bond acceptors (Lipinski definition) is 3. The lowest BCUT2D eigenvalue weighted by Crippen LogP contribution is -2.42. The van der Waals surface area contributed by atoms with E-state index < -0.39 is 5.60 Å². The number of carbonyl (C=O) groups is 2. The van der Waals surface area contributed by atoms with Gasteiger partial charge in [-0.25, -0.2) is 4.79 Å². The van der Waals surface area contributed by atoms with Gasteiger partial charge in [-0.1, -0.05) is 0 Å². The number of nitrogens with zero attached hydrogens (tertiary/aromatic N) is 1. The van der Waals surface area contributed by atoms with Gasteiger partial charge in [0, 0.05) is 6.04 Å². The van der Waals surface area contributed by atoms with Crippen LogP contribution in [0.25, 0.3) is 0 Å². The molecule has 2 fully saturated rings. The average molecular weight is 211 g/mol. The summed E-state index contributed by atoms with van der Waals surface area (Å²) < 4.78 is 5.28. The van der Waals surface area contributed by atoms with Crippen molar-refractivity contribution in [2.75, 3.05) is 0 Å². The van der Waals surface area contributed by atoms with Crippen LogP contribution in [0.15, 0.2) is 0 Å². The van der Waals surface area contributed by atoms with Gasteiger partial charge in [0.2, 0.25) is 0 Å². The number of carbonyl (C=O) groups excluding carboxylic acids is 2. The summed E-state index contributed by atoms with van der Waals surface area (Å²) in [6, 6.07) is -0.00125. The highest BCUT2D eigenvalue weighted by Gasteiger charge is 2.54. The monoisotopic (exact) mass is 211 g/mol. The predicted octanol–water partition coefficient (Wildman–Crippen LogP) is 1.58. The van der Waals surface area contributed by atoms with E-state index in [1.165, 1.54) is 0 Å². The smallest absolute Gasteiger partial charge is 0.411 e. The van der Waals surface area contributed by atoms with Gasteiger partial charge in [0.25, 0.3) is 0 Å². The Balaban J connectivity index is 2.02. The number of rotatable bonds is 1. The molecule has 4 heteroatoms. The first kappa shape index (κ1) is 10.5. The number of piperidine rings is 1. The van der Waals surface area contributed by atoms with Gasteiger partial charge in [-0.3, -0.25) is 4.90 Å². The first-order chi connectivity index (χ1) is 6.92. The van der Waals surface area contributed by atoms with E-state index in [4.69, 9.17) is 4.74 Å². The van der Waals surface area contributed by atoms with Crippen LogP contribution in [0.1, 0.15) is 33.6 Å². The molecule has 1 aliphatic carbocycles. The van der Waals surface area contributed by atoms with Crippen LogP contribution in [0.3, 0.4) is 0 Å². The van der Waals surface area contributed by atoms with Gasteiger partial charge >= 0.3 is 6.09 Å². The standard InChI is InChI=1S/C11H17NO3/c1-11(2,3)15-10(14)12-8(6-13)4-7-5-9(7)12/h6-9H,4-5H2,1-3H3/t7?,8-,9-/m1/s1. The zero-order valence-corrected chi connectivity index (χ0v) is 9.40. The van der Waals surface area contributed by atoms with Crippen molar-refractivity contribution in [1.82, 2.24) is 4.90 Å². The van der Waals surface area contributed by atoms with E-state index in [0.717, 1.165) is 19.1 Å². The zero-order chi connectivity index (χ0) is 11.2. The van der Waals surface area contributed by atoms with Crippen LogP contribution >= 0.6 is 0 Å². The lowest BCUT2D eigenvalue weighted by molar-refractivity contribution is -0.112. The fourth-order valence-electron chi connectivity index (χ4n) is 2.20. The summed E-state index contributed by atoms with van der Waals surface area (Å²) in [5.74, 6) is 0.535. The molecule has 1 amide bonds. The highest BCUT2D eigenvalue weighted by molar-refractivity contribution is 5.76. The number of aldehydes is 1. The maximum atomic E-state index is 11.8. The fraction of sp³-hybridized carbons (Fsp3) is 0.818. The second-order valence-corrected chi connectivity index (χ2v) is 5.39. The summed E-state index contributed by atoms with van der Waals surface area (Å²) in [5.41, 5.74) is -0.489. The van der Waals surface area contributed by atoms with Crippen molar-refractivity contribution in [2.45, 2.75) is 51.3 Å². The maximum Gasteiger partial charge on any atom is 0.411 e. The first-order valence-electron chi connectivity index (χ1n) is 5.39. The third kappa shape index (κ3) is 1.98. The molecule has 1 aliphatic heterocycles.